The molecule has 0 radical (unpaired) electrons. The second-order valence-electron chi connectivity index (χ2n) is 2.38. The van der Waals surface area contributed by atoms with Gasteiger partial charge in [-0.05, 0) is 6.07 Å². The molecule has 0 amide bonds. The van der Waals surface area contributed by atoms with Crippen LogP contribution in [-0.4, -0.2) is 25.0 Å². The van der Waals surface area contributed by atoms with Crippen molar-refractivity contribution in [1.29, 1.82) is 0 Å². The van der Waals surface area contributed by atoms with E-state index in [0.717, 1.165) is 0 Å². The van der Waals surface area contributed by atoms with Crippen LogP contribution in [0.1, 0.15) is 5.56 Å². The van der Waals surface area contributed by atoms with E-state index in [1.54, 1.807) is 18.2 Å². The average Bonchev–Trinajstić information content (AvgIpc) is 2.21. The van der Waals surface area contributed by atoms with E-state index in [0.29, 0.717) is 11.3 Å². The van der Waals surface area contributed by atoms with Crippen LogP contribution in [0.5, 0.6) is 5.75 Å². The Morgan fingerprint density at radius 1 is 1.43 bits per heavy atom. The summed E-state index contributed by atoms with van der Waals surface area (Å²) in [6, 6.07) is 7.09. The Labute approximate surface area is 82.1 Å². The molecule has 0 spiro atoms. The first-order valence-corrected chi connectivity index (χ1v) is 3.86. The zero-order valence-electron chi connectivity index (χ0n) is 7.90. The first-order valence-electron chi connectivity index (χ1n) is 3.86. The molecule has 0 saturated carbocycles. The number of ether oxygens (including phenoxy) is 1. The number of aliphatic carboxylic acids is 1. The van der Waals surface area contributed by atoms with Crippen LogP contribution in [0.25, 0.3) is 0 Å². The van der Waals surface area contributed by atoms with Crippen LogP contribution >= 0.6 is 0 Å². The van der Waals surface area contributed by atoms with Crippen molar-refractivity contribution in [2.75, 3.05) is 7.11 Å². The minimum Gasteiger partial charge on any atom is -0.496 e. The number of hydrogen-bond acceptors (Lipinski definition) is 3. The van der Waals surface area contributed by atoms with Gasteiger partial charge in [0.2, 0.25) is 0 Å². The SMILES string of the molecule is C=O.COc1ccccc1CC(=O)O. The van der Waals surface area contributed by atoms with Gasteiger partial charge < -0.3 is 14.6 Å². The summed E-state index contributed by atoms with van der Waals surface area (Å²) in [6.45, 7) is 2.00. The van der Waals surface area contributed by atoms with Crippen molar-refractivity contribution in [3.8, 4) is 5.75 Å². The molecule has 0 aliphatic rings. The van der Waals surface area contributed by atoms with E-state index in [2.05, 4.69) is 0 Å². The van der Waals surface area contributed by atoms with E-state index in [1.807, 2.05) is 12.9 Å². The first-order chi connectivity index (χ1) is 6.74. The molecule has 14 heavy (non-hydrogen) atoms. The van der Waals surface area contributed by atoms with Gasteiger partial charge in [-0.1, -0.05) is 18.2 Å². The van der Waals surface area contributed by atoms with Crippen LogP contribution in [0.3, 0.4) is 0 Å². The maximum Gasteiger partial charge on any atom is 0.307 e. The van der Waals surface area contributed by atoms with E-state index in [1.165, 1.54) is 7.11 Å². The lowest BCUT2D eigenvalue weighted by molar-refractivity contribution is -0.136. The zero-order chi connectivity index (χ0) is 11.0. The second kappa shape index (κ2) is 6.65. The lowest BCUT2D eigenvalue weighted by Gasteiger charge is -2.04. The molecule has 1 rings (SSSR count). The summed E-state index contributed by atoms with van der Waals surface area (Å²) in [5.74, 6) is -0.223. The molecule has 0 saturated heterocycles. The van der Waals surface area contributed by atoms with E-state index in [4.69, 9.17) is 14.6 Å². The molecule has 76 valence electrons. The van der Waals surface area contributed by atoms with Crippen LogP contribution in [0.2, 0.25) is 0 Å². The van der Waals surface area contributed by atoms with E-state index in [-0.39, 0.29) is 6.42 Å². The van der Waals surface area contributed by atoms with Crippen molar-refractivity contribution in [3.63, 3.8) is 0 Å². The fourth-order valence-electron chi connectivity index (χ4n) is 1.01. The number of methoxy groups -OCH3 is 1. The van der Waals surface area contributed by atoms with Gasteiger partial charge in [-0.25, -0.2) is 0 Å². The van der Waals surface area contributed by atoms with Crippen molar-refractivity contribution in [1.82, 2.24) is 0 Å². The molecule has 0 aliphatic heterocycles. The molecule has 4 heteroatoms. The van der Waals surface area contributed by atoms with Gasteiger partial charge in [-0.15, -0.1) is 0 Å². The van der Waals surface area contributed by atoms with Gasteiger partial charge in [0.1, 0.15) is 12.5 Å². The Morgan fingerprint density at radius 3 is 2.50 bits per heavy atom. The molecule has 0 heterocycles. The van der Waals surface area contributed by atoms with Gasteiger partial charge in [-0.2, -0.15) is 0 Å². The van der Waals surface area contributed by atoms with Crippen LogP contribution in [-0.2, 0) is 16.0 Å². The Hall–Kier alpha value is -1.84. The predicted octanol–water partition coefficient (Wildman–Crippen LogP) is 1.14. The maximum absolute atomic E-state index is 10.4. The lowest BCUT2D eigenvalue weighted by Crippen LogP contribution is -2.01. The number of benzene rings is 1. The summed E-state index contributed by atoms with van der Waals surface area (Å²) < 4.78 is 4.98. The molecular formula is C10H12O4. The third kappa shape index (κ3) is 3.71. The molecule has 1 N–H and O–H groups in total. The van der Waals surface area contributed by atoms with E-state index in [9.17, 15) is 4.79 Å². The molecule has 1 aromatic carbocycles. The van der Waals surface area contributed by atoms with Crippen molar-refractivity contribution < 1.29 is 19.4 Å². The highest BCUT2D eigenvalue weighted by molar-refractivity contribution is 5.71. The monoisotopic (exact) mass is 196 g/mol. The molecule has 0 aromatic heterocycles. The Bertz CT molecular complexity index is 296. The molecule has 0 unspecified atom stereocenters. The summed E-state index contributed by atoms with van der Waals surface area (Å²) in [5, 5.41) is 8.53. The van der Waals surface area contributed by atoms with E-state index < -0.39 is 5.97 Å². The number of rotatable bonds is 3. The maximum atomic E-state index is 10.4. The van der Waals surface area contributed by atoms with E-state index >= 15 is 0 Å². The molecule has 1 aromatic rings. The quantitative estimate of drug-likeness (QED) is 0.787. The number of carbonyl (C=O) groups excluding carboxylic acids is 1. The standard InChI is InChI=1S/C9H10O3.CH2O/c1-12-8-5-3-2-4-7(8)6-9(10)11;1-2/h2-5H,6H2,1H3,(H,10,11);1H2. The second-order valence-corrected chi connectivity index (χ2v) is 2.38. The number of para-hydroxylation sites is 1. The molecular weight excluding hydrogens is 184 g/mol. The van der Waals surface area contributed by atoms with Gasteiger partial charge in [0.15, 0.2) is 0 Å². The summed E-state index contributed by atoms with van der Waals surface area (Å²) in [6.07, 6.45) is 0.00398. The largest absolute Gasteiger partial charge is 0.496 e. The first kappa shape index (κ1) is 12.2. The highest BCUT2D eigenvalue weighted by Crippen LogP contribution is 2.17. The van der Waals surface area contributed by atoms with Crippen molar-refractivity contribution in [2.45, 2.75) is 6.42 Å². The molecule has 4 nitrogen and oxygen atoms in total. The Balaban J connectivity index is 0.000000791. The van der Waals surface area contributed by atoms with Gasteiger partial charge in [0, 0.05) is 5.56 Å². The van der Waals surface area contributed by atoms with Crippen molar-refractivity contribution in [3.05, 3.63) is 29.8 Å². The Kier molecular flexibility index (Phi) is 5.78. The van der Waals surface area contributed by atoms with Crippen LogP contribution < -0.4 is 4.74 Å². The smallest absolute Gasteiger partial charge is 0.307 e. The third-order valence-corrected chi connectivity index (χ3v) is 1.53. The average molecular weight is 196 g/mol. The fraction of sp³-hybridized carbons (Fsp3) is 0.200. The van der Waals surface area contributed by atoms with Gasteiger partial charge in [0.25, 0.3) is 0 Å². The third-order valence-electron chi connectivity index (χ3n) is 1.53. The highest BCUT2D eigenvalue weighted by Gasteiger charge is 2.04. The lowest BCUT2D eigenvalue weighted by atomic mass is 10.1. The molecule has 0 fully saturated rings. The normalized spacial score (nSPS) is 8.36. The molecule has 0 atom stereocenters. The number of carboxylic acid groups (broad SMARTS) is 1. The summed E-state index contributed by atoms with van der Waals surface area (Å²) >= 11 is 0. The molecule has 0 aliphatic carbocycles. The topological polar surface area (TPSA) is 63.6 Å². The van der Waals surface area contributed by atoms with Crippen molar-refractivity contribution in [2.24, 2.45) is 0 Å². The van der Waals surface area contributed by atoms with Crippen LogP contribution in [0.4, 0.5) is 0 Å². The van der Waals surface area contributed by atoms with Gasteiger partial charge in [-0.3, -0.25) is 4.79 Å². The number of carboxylic acids is 1. The zero-order valence-corrected chi connectivity index (χ0v) is 7.90. The minimum absolute atomic E-state index is 0.00398. The minimum atomic E-state index is -0.848. The highest BCUT2D eigenvalue weighted by atomic mass is 16.5. The van der Waals surface area contributed by atoms with Crippen LogP contribution in [0.15, 0.2) is 24.3 Å². The van der Waals surface area contributed by atoms with Gasteiger partial charge >= 0.3 is 5.97 Å². The summed E-state index contributed by atoms with van der Waals surface area (Å²) in [7, 11) is 1.53. The summed E-state index contributed by atoms with van der Waals surface area (Å²) in [5.41, 5.74) is 0.701. The number of carbonyl (C=O) groups is 2. The Morgan fingerprint density at radius 2 is 2.00 bits per heavy atom. The van der Waals surface area contributed by atoms with Gasteiger partial charge in [0.05, 0.1) is 13.5 Å². The fourth-order valence-corrected chi connectivity index (χ4v) is 1.01. The molecule has 0 bridgehead atoms. The predicted molar refractivity (Wildman–Crippen MR) is 51.5 cm³/mol. The summed E-state index contributed by atoms with van der Waals surface area (Å²) in [4.78, 5) is 18.4. The number of hydrogen-bond donors (Lipinski definition) is 1. The van der Waals surface area contributed by atoms with Crippen LogP contribution in [0, 0.1) is 0 Å². The van der Waals surface area contributed by atoms with Crippen molar-refractivity contribution >= 4 is 12.8 Å².